The summed E-state index contributed by atoms with van der Waals surface area (Å²) in [5.74, 6) is 0.962. The van der Waals surface area contributed by atoms with Crippen molar-refractivity contribution in [1.29, 1.82) is 0 Å². The smallest absolute Gasteiger partial charge is 0.410 e. The number of ether oxygens (including phenoxy) is 1. The molecule has 1 unspecified atom stereocenters. The molecule has 1 atom stereocenters. The Morgan fingerprint density at radius 1 is 1.40 bits per heavy atom. The number of aryl methyl sites for hydroxylation is 1. The maximum absolute atomic E-state index is 12.1. The first-order valence-corrected chi connectivity index (χ1v) is 7.00. The predicted molar refractivity (Wildman–Crippen MR) is 77.8 cm³/mol. The Balaban J connectivity index is 1.97. The van der Waals surface area contributed by atoms with E-state index in [1.54, 1.807) is 9.58 Å². The number of piperazine rings is 1. The lowest BCUT2D eigenvalue weighted by atomic mass is 10.2. The zero-order valence-corrected chi connectivity index (χ0v) is 13.0. The van der Waals surface area contributed by atoms with Crippen molar-refractivity contribution in [3.63, 3.8) is 0 Å². The Morgan fingerprint density at radius 3 is 2.60 bits per heavy atom. The molecule has 1 aliphatic heterocycles. The number of carbonyl (C=O) groups is 1. The molecule has 6 nitrogen and oxygen atoms in total. The molecule has 112 valence electrons. The van der Waals surface area contributed by atoms with E-state index in [4.69, 9.17) is 4.74 Å². The summed E-state index contributed by atoms with van der Waals surface area (Å²) in [6.45, 7) is 9.86. The zero-order chi connectivity index (χ0) is 14.9. The van der Waals surface area contributed by atoms with E-state index in [1.165, 1.54) is 0 Å². The summed E-state index contributed by atoms with van der Waals surface area (Å²) in [4.78, 5) is 16.1. The third-order valence-electron chi connectivity index (χ3n) is 3.27. The van der Waals surface area contributed by atoms with Crippen molar-refractivity contribution < 1.29 is 9.53 Å². The zero-order valence-electron chi connectivity index (χ0n) is 13.0. The van der Waals surface area contributed by atoms with E-state index in [0.29, 0.717) is 13.1 Å². The monoisotopic (exact) mass is 280 g/mol. The molecule has 1 saturated heterocycles. The van der Waals surface area contributed by atoms with E-state index in [-0.39, 0.29) is 12.1 Å². The highest BCUT2D eigenvalue weighted by molar-refractivity contribution is 5.68. The third kappa shape index (κ3) is 3.43. The van der Waals surface area contributed by atoms with E-state index in [9.17, 15) is 4.79 Å². The lowest BCUT2D eigenvalue weighted by molar-refractivity contribution is 0.0218. The summed E-state index contributed by atoms with van der Waals surface area (Å²) in [5, 5.41) is 4.42. The average molecular weight is 280 g/mol. The SMILES string of the molecule is CC1CN(C(=O)OC(C)(C)C)CCN1c1ccn(C)n1. The van der Waals surface area contributed by atoms with Gasteiger partial charge in [0.15, 0.2) is 5.82 Å². The molecule has 0 aliphatic carbocycles. The molecule has 0 aromatic carbocycles. The Kier molecular flexibility index (Phi) is 3.92. The summed E-state index contributed by atoms with van der Waals surface area (Å²) >= 11 is 0. The van der Waals surface area contributed by atoms with Gasteiger partial charge in [-0.15, -0.1) is 0 Å². The Labute approximate surface area is 120 Å². The van der Waals surface area contributed by atoms with Gasteiger partial charge in [0, 0.05) is 45.0 Å². The van der Waals surface area contributed by atoms with Crippen LogP contribution >= 0.6 is 0 Å². The van der Waals surface area contributed by atoms with Crippen LogP contribution in [0, 0.1) is 0 Å². The van der Waals surface area contributed by atoms with Gasteiger partial charge in [-0.1, -0.05) is 0 Å². The number of rotatable bonds is 1. The number of carbonyl (C=O) groups excluding carboxylic acids is 1. The van der Waals surface area contributed by atoms with E-state index < -0.39 is 5.60 Å². The molecule has 20 heavy (non-hydrogen) atoms. The topological polar surface area (TPSA) is 50.6 Å². The van der Waals surface area contributed by atoms with Crippen LogP contribution in [0.5, 0.6) is 0 Å². The van der Waals surface area contributed by atoms with E-state index in [2.05, 4.69) is 16.9 Å². The van der Waals surface area contributed by atoms with Crippen LogP contribution in [-0.4, -0.2) is 52.1 Å². The van der Waals surface area contributed by atoms with Crippen molar-refractivity contribution in [3.05, 3.63) is 12.3 Å². The van der Waals surface area contributed by atoms with Crippen LogP contribution in [0.1, 0.15) is 27.7 Å². The first-order chi connectivity index (χ1) is 9.26. The molecular formula is C14H24N4O2. The van der Waals surface area contributed by atoms with Crippen molar-refractivity contribution in [1.82, 2.24) is 14.7 Å². The second-order valence-electron chi connectivity index (χ2n) is 6.32. The third-order valence-corrected chi connectivity index (χ3v) is 3.27. The van der Waals surface area contributed by atoms with Crippen LogP contribution in [-0.2, 0) is 11.8 Å². The van der Waals surface area contributed by atoms with Crippen LogP contribution in [0.4, 0.5) is 10.6 Å². The van der Waals surface area contributed by atoms with Gasteiger partial charge in [-0.25, -0.2) is 4.79 Å². The van der Waals surface area contributed by atoms with Crippen molar-refractivity contribution in [3.8, 4) is 0 Å². The second-order valence-corrected chi connectivity index (χ2v) is 6.32. The molecule has 2 heterocycles. The molecule has 0 spiro atoms. The molecule has 1 aromatic heterocycles. The van der Waals surface area contributed by atoms with E-state index in [0.717, 1.165) is 12.4 Å². The lowest BCUT2D eigenvalue weighted by Crippen LogP contribution is -2.54. The summed E-state index contributed by atoms with van der Waals surface area (Å²) < 4.78 is 7.21. The van der Waals surface area contributed by atoms with Gasteiger partial charge in [0.2, 0.25) is 0 Å². The lowest BCUT2D eigenvalue weighted by Gasteiger charge is -2.40. The van der Waals surface area contributed by atoms with Crippen molar-refractivity contribution in [2.24, 2.45) is 7.05 Å². The number of nitrogens with zero attached hydrogens (tertiary/aromatic N) is 4. The maximum Gasteiger partial charge on any atom is 0.410 e. The van der Waals surface area contributed by atoms with Gasteiger partial charge in [-0.05, 0) is 27.7 Å². The summed E-state index contributed by atoms with van der Waals surface area (Å²) in [6, 6.07) is 2.23. The fraction of sp³-hybridized carbons (Fsp3) is 0.714. The minimum Gasteiger partial charge on any atom is -0.444 e. The van der Waals surface area contributed by atoms with Gasteiger partial charge in [-0.3, -0.25) is 4.68 Å². The highest BCUT2D eigenvalue weighted by atomic mass is 16.6. The number of amides is 1. The molecule has 1 fully saturated rings. The number of hydrogen-bond donors (Lipinski definition) is 0. The summed E-state index contributed by atoms with van der Waals surface area (Å²) in [6.07, 6.45) is 1.70. The fourth-order valence-corrected chi connectivity index (χ4v) is 2.35. The molecule has 1 amide bonds. The van der Waals surface area contributed by atoms with Gasteiger partial charge in [0.1, 0.15) is 5.60 Å². The van der Waals surface area contributed by atoms with Crippen molar-refractivity contribution in [2.45, 2.75) is 39.3 Å². The maximum atomic E-state index is 12.1. The van der Waals surface area contributed by atoms with Crippen LogP contribution in [0.3, 0.4) is 0 Å². The molecule has 1 aromatic rings. The molecule has 2 rings (SSSR count). The van der Waals surface area contributed by atoms with Crippen LogP contribution in [0.15, 0.2) is 12.3 Å². The molecule has 0 saturated carbocycles. The van der Waals surface area contributed by atoms with Crippen LogP contribution in [0.2, 0.25) is 0 Å². The van der Waals surface area contributed by atoms with Gasteiger partial charge < -0.3 is 14.5 Å². The molecule has 0 bridgehead atoms. The van der Waals surface area contributed by atoms with Gasteiger partial charge >= 0.3 is 6.09 Å². The quantitative estimate of drug-likeness (QED) is 0.788. The normalized spacial score (nSPS) is 20.1. The Morgan fingerprint density at radius 2 is 2.10 bits per heavy atom. The first kappa shape index (κ1) is 14.7. The van der Waals surface area contributed by atoms with Gasteiger partial charge in [0.25, 0.3) is 0 Å². The first-order valence-electron chi connectivity index (χ1n) is 7.00. The van der Waals surface area contributed by atoms with Crippen LogP contribution < -0.4 is 4.90 Å². The minimum atomic E-state index is -0.446. The van der Waals surface area contributed by atoms with Crippen molar-refractivity contribution in [2.75, 3.05) is 24.5 Å². The number of aromatic nitrogens is 2. The average Bonchev–Trinajstić information content (AvgIpc) is 2.73. The second kappa shape index (κ2) is 5.34. The summed E-state index contributed by atoms with van der Waals surface area (Å²) in [7, 11) is 1.91. The molecule has 0 radical (unpaired) electrons. The molecular weight excluding hydrogens is 256 g/mol. The van der Waals surface area contributed by atoms with Gasteiger partial charge in [-0.2, -0.15) is 5.10 Å². The van der Waals surface area contributed by atoms with E-state index >= 15 is 0 Å². The van der Waals surface area contributed by atoms with Crippen molar-refractivity contribution >= 4 is 11.9 Å². The molecule has 6 heteroatoms. The van der Waals surface area contributed by atoms with Crippen LogP contribution in [0.25, 0.3) is 0 Å². The summed E-state index contributed by atoms with van der Waals surface area (Å²) in [5.41, 5.74) is -0.446. The highest BCUT2D eigenvalue weighted by Gasteiger charge is 2.30. The predicted octanol–water partition coefficient (Wildman–Crippen LogP) is 1.87. The van der Waals surface area contributed by atoms with E-state index in [1.807, 2.05) is 40.1 Å². The number of anilines is 1. The fourth-order valence-electron chi connectivity index (χ4n) is 2.35. The Hall–Kier alpha value is -1.72. The number of hydrogen-bond acceptors (Lipinski definition) is 4. The molecule has 0 N–H and O–H groups in total. The largest absolute Gasteiger partial charge is 0.444 e. The van der Waals surface area contributed by atoms with Gasteiger partial charge in [0.05, 0.1) is 0 Å². The molecule has 1 aliphatic rings. The standard InChI is InChI=1S/C14H24N4O2/c1-11-10-17(13(19)20-14(2,3)4)8-9-18(11)12-6-7-16(5)15-12/h6-7,11H,8-10H2,1-5H3. The minimum absolute atomic E-state index is 0.228. The highest BCUT2D eigenvalue weighted by Crippen LogP contribution is 2.19. The Bertz CT molecular complexity index is 478.